The molecule has 0 aliphatic rings. The van der Waals surface area contributed by atoms with Gasteiger partial charge in [-0.2, -0.15) is 0 Å². The second kappa shape index (κ2) is 10.0. The van der Waals surface area contributed by atoms with Crippen LogP contribution in [0.1, 0.15) is 27.7 Å². The van der Waals surface area contributed by atoms with E-state index in [9.17, 15) is 5.11 Å². The summed E-state index contributed by atoms with van der Waals surface area (Å²) in [4.78, 5) is 0. The number of nitrogens with one attached hydrogen (secondary N) is 1. The lowest BCUT2D eigenvalue weighted by atomic mass is 10.2. The zero-order valence-corrected chi connectivity index (χ0v) is 11.0. The molecule has 0 aromatic carbocycles. The Hall–Kier alpha value is -0.160. The smallest absolute Gasteiger partial charge is 0.0897 e. The van der Waals surface area contributed by atoms with Crippen molar-refractivity contribution in [2.24, 2.45) is 5.92 Å². The highest BCUT2D eigenvalue weighted by molar-refractivity contribution is 4.60. The molecule has 0 bridgehead atoms. The minimum atomic E-state index is -0.438. The molecule has 1 unspecified atom stereocenters. The SMILES string of the molecule is CC(C)COCCOCC(O)CNC(C)C. The number of hydrogen-bond acceptors (Lipinski definition) is 4. The predicted octanol–water partition coefficient (Wildman–Crippen LogP) is 1.03. The van der Waals surface area contributed by atoms with Gasteiger partial charge in [0.2, 0.25) is 0 Å². The number of aliphatic hydroxyl groups excluding tert-OH is 1. The van der Waals surface area contributed by atoms with Gasteiger partial charge < -0.3 is 19.9 Å². The molecular formula is C12H27NO3. The summed E-state index contributed by atoms with van der Waals surface area (Å²) >= 11 is 0. The van der Waals surface area contributed by atoms with Gasteiger partial charge in [-0.25, -0.2) is 0 Å². The highest BCUT2D eigenvalue weighted by atomic mass is 16.5. The predicted molar refractivity (Wildman–Crippen MR) is 65.6 cm³/mol. The molecule has 0 aromatic rings. The molecule has 0 saturated carbocycles. The molecular weight excluding hydrogens is 206 g/mol. The summed E-state index contributed by atoms with van der Waals surface area (Å²) in [5.41, 5.74) is 0. The van der Waals surface area contributed by atoms with Gasteiger partial charge in [-0.05, 0) is 5.92 Å². The first-order valence-corrected chi connectivity index (χ1v) is 6.09. The van der Waals surface area contributed by atoms with Crippen LogP contribution in [0.2, 0.25) is 0 Å². The first-order chi connectivity index (χ1) is 7.52. The Balaban J connectivity index is 3.18. The van der Waals surface area contributed by atoms with Crippen LogP contribution >= 0.6 is 0 Å². The molecule has 0 spiro atoms. The second-order valence-electron chi connectivity index (χ2n) is 4.76. The lowest BCUT2D eigenvalue weighted by molar-refractivity contribution is -0.000492. The number of hydrogen-bond donors (Lipinski definition) is 2. The Morgan fingerprint density at radius 3 is 2.06 bits per heavy atom. The van der Waals surface area contributed by atoms with Crippen molar-refractivity contribution in [2.75, 3.05) is 33.0 Å². The van der Waals surface area contributed by atoms with Crippen molar-refractivity contribution in [2.45, 2.75) is 39.8 Å². The first-order valence-electron chi connectivity index (χ1n) is 6.09. The van der Waals surface area contributed by atoms with Gasteiger partial charge in [0.1, 0.15) is 0 Å². The van der Waals surface area contributed by atoms with E-state index in [4.69, 9.17) is 9.47 Å². The van der Waals surface area contributed by atoms with E-state index in [1.807, 2.05) is 13.8 Å². The van der Waals surface area contributed by atoms with Crippen molar-refractivity contribution < 1.29 is 14.6 Å². The Bertz CT molecular complexity index is 151. The van der Waals surface area contributed by atoms with Crippen molar-refractivity contribution in [1.82, 2.24) is 5.32 Å². The minimum absolute atomic E-state index is 0.366. The molecule has 0 radical (unpaired) electrons. The summed E-state index contributed by atoms with van der Waals surface area (Å²) in [6, 6.07) is 0.393. The molecule has 98 valence electrons. The normalized spacial score (nSPS) is 13.7. The third-order valence-electron chi connectivity index (χ3n) is 1.90. The molecule has 0 amide bonds. The van der Waals surface area contributed by atoms with E-state index >= 15 is 0 Å². The second-order valence-corrected chi connectivity index (χ2v) is 4.76. The van der Waals surface area contributed by atoms with Crippen molar-refractivity contribution in [1.29, 1.82) is 0 Å². The monoisotopic (exact) mass is 233 g/mol. The molecule has 0 heterocycles. The Morgan fingerprint density at radius 1 is 1.00 bits per heavy atom. The highest BCUT2D eigenvalue weighted by Gasteiger charge is 2.04. The maximum atomic E-state index is 9.51. The van der Waals surface area contributed by atoms with Crippen molar-refractivity contribution in [3.63, 3.8) is 0 Å². The van der Waals surface area contributed by atoms with Crippen molar-refractivity contribution in [3.8, 4) is 0 Å². The third kappa shape index (κ3) is 11.9. The summed E-state index contributed by atoms with van der Waals surface area (Å²) < 4.78 is 10.6. The zero-order chi connectivity index (χ0) is 12.4. The van der Waals surface area contributed by atoms with Crippen LogP contribution in [0.15, 0.2) is 0 Å². The molecule has 2 N–H and O–H groups in total. The van der Waals surface area contributed by atoms with Crippen molar-refractivity contribution in [3.05, 3.63) is 0 Å². The quantitative estimate of drug-likeness (QED) is 0.553. The van der Waals surface area contributed by atoms with Gasteiger partial charge in [0.05, 0.1) is 25.9 Å². The number of ether oxygens (including phenoxy) is 2. The average Bonchev–Trinajstić information content (AvgIpc) is 2.19. The van der Waals surface area contributed by atoms with Crippen LogP contribution in [0.3, 0.4) is 0 Å². The van der Waals surface area contributed by atoms with E-state index in [-0.39, 0.29) is 0 Å². The van der Waals surface area contributed by atoms with E-state index in [0.29, 0.717) is 38.3 Å². The largest absolute Gasteiger partial charge is 0.389 e. The zero-order valence-electron chi connectivity index (χ0n) is 11.0. The van der Waals surface area contributed by atoms with Gasteiger partial charge >= 0.3 is 0 Å². The van der Waals surface area contributed by atoms with Gasteiger partial charge in [0.15, 0.2) is 0 Å². The van der Waals surface area contributed by atoms with Crippen LogP contribution in [0.25, 0.3) is 0 Å². The van der Waals surface area contributed by atoms with Crippen LogP contribution in [0.5, 0.6) is 0 Å². The summed E-state index contributed by atoms with van der Waals surface area (Å²) in [5, 5.41) is 12.7. The van der Waals surface area contributed by atoms with Gasteiger partial charge in [0, 0.05) is 19.2 Å². The molecule has 0 saturated heterocycles. The highest BCUT2D eigenvalue weighted by Crippen LogP contribution is 1.92. The summed E-state index contributed by atoms with van der Waals surface area (Å²) in [6.07, 6.45) is -0.438. The van der Waals surface area contributed by atoms with Crippen molar-refractivity contribution >= 4 is 0 Å². The van der Waals surface area contributed by atoms with Gasteiger partial charge in [-0.1, -0.05) is 27.7 Å². The van der Waals surface area contributed by atoms with Crippen LogP contribution in [-0.4, -0.2) is 50.2 Å². The van der Waals surface area contributed by atoms with Crippen LogP contribution in [0.4, 0.5) is 0 Å². The molecule has 16 heavy (non-hydrogen) atoms. The van der Waals surface area contributed by atoms with E-state index in [1.54, 1.807) is 0 Å². The molecule has 4 nitrogen and oxygen atoms in total. The van der Waals surface area contributed by atoms with Crippen LogP contribution in [0, 0.1) is 5.92 Å². The van der Waals surface area contributed by atoms with Crippen LogP contribution in [-0.2, 0) is 9.47 Å². The lowest BCUT2D eigenvalue weighted by Gasteiger charge is -2.14. The Kier molecular flexibility index (Phi) is 9.92. The molecule has 4 heteroatoms. The molecule has 0 aliphatic heterocycles. The molecule has 0 aliphatic carbocycles. The lowest BCUT2D eigenvalue weighted by Crippen LogP contribution is -2.34. The van der Waals surface area contributed by atoms with Gasteiger partial charge in [-0.15, -0.1) is 0 Å². The molecule has 0 rings (SSSR count). The third-order valence-corrected chi connectivity index (χ3v) is 1.90. The fourth-order valence-electron chi connectivity index (χ4n) is 1.09. The van der Waals surface area contributed by atoms with E-state index in [2.05, 4.69) is 19.2 Å². The number of rotatable bonds is 10. The minimum Gasteiger partial charge on any atom is -0.389 e. The molecule has 1 atom stereocenters. The maximum Gasteiger partial charge on any atom is 0.0897 e. The van der Waals surface area contributed by atoms with E-state index in [0.717, 1.165) is 6.61 Å². The summed E-state index contributed by atoms with van der Waals surface area (Å²) in [5.74, 6) is 0.556. The molecule has 0 aromatic heterocycles. The summed E-state index contributed by atoms with van der Waals surface area (Å²) in [7, 11) is 0. The van der Waals surface area contributed by atoms with E-state index in [1.165, 1.54) is 0 Å². The fourth-order valence-corrected chi connectivity index (χ4v) is 1.09. The molecule has 0 fully saturated rings. The first kappa shape index (κ1) is 15.8. The van der Waals surface area contributed by atoms with Gasteiger partial charge in [-0.3, -0.25) is 0 Å². The Labute approximate surface area is 99.3 Å². The topological polar surface area (TPSA) is 50.7 Å². The fraction of sp³-hybridized carbons (Fsp3) is 1.00. The number of aliphatic hydroxyl groups is 1. The van der Waals surface area contributed by atoms with Crippen LogP contribution < -0.4 is 5.32 Å². The maximum absolute atomic E-state index is 9.51. The Morgan fingerprint density at radius 2 is 1.56 bits per heavy atom. The summed E-state index contributed by atoms with van der Waals surface area (Å²) in [6.45, 7) is 11.2. The van der Waals surface area contributed by atoms with Gasteiger partial charge in [0.25, 0.3) is 0 Å². The standard InChI is InChI=1S/C12H27NO3/c1-10(2)8-15-5-6-16-9-12(14)7-13-11(3)4/h10-14H,5-9H2,1-4H3. The van der Waals surface area contributed by atoms with E-state index < -0.39 is 6.10 Å². The average molecular weight is 233 g/mol.